The van der Waals surface area contributed by atoms with Gasteiger partial charge in [-0.2, -0.15) is 5.01 Å². The number of nitrogens with one attached hydrogen (secondary N) is 1. The van der Waals surface area contributed by atoms with Gasteiger partial charge in [-0.05, 0) is 60.3 Å². The molecule has 2 aliphatic rings. The third-order valence-corrected chi connectivity index (χ3v) is 5.28. The number of rotatable bonds is 3. The molecule has 1 saturated heterocycles. The quantitative estimate of drug-likeness (QED) is 0.613. The van der Waals surface area contributed by atoms with Crippen LogP contribution in [0.5, 0.6) is 11.5 Å². The average Bonchev–Trinajstić information content (AvgIpc) is 2.95. The number of nitrogens with zero attached hydrogens (tertiary/aromatic N) is 1. The SMILES string of the molecule is O=C(NN1C(=O)/C(=C/c2ccc3c(c2)OCCO3)SC1=S)c1ccc(F)cc1. The van der Waals surface area contributed by atoms with Gasteiger partial charge in [-0.25, -0.2) is 4.39 Å². The molecule has 2 heterocycles. The number of amides is 2. The predicted molar refractivity (Wildman–Crippen MR) is 106 cm³/mol. The van der Waals surface area contributed by atoms with Crippen LogP contribution >= 0.6 is 24.0 Å². The summed E-state index contributed by atoms with van der Waals surface area (Å²) < 4.78 is 24.2. The van der Waals surface area contributed by atoms with E-state index in [4.69, 9.17) is 21.7 Å². The number of hydrazine groups is 1. The Bertz CT molecular complexity index is 1010. The van der Waals surface area contributed by atoms with Gasteiger partial charge in [-0.3, -0.25) is 15.0 Å². The Kier molecular flexibility index (Phi) is 5.01. The van der Waals surface area contributed by atoms with Crippen LogP contribution in [0.3, 0.4) is 0 Å². The summed E-state index contributed by atoms with van der Waals surface area (Å²) in [5, 5.41) is 1.01. The van der Waals surface area contributed by atoms with E-state index in [0.29, 0.717) is 29.6 Å². The molecular weight excluding hydrogens is 403 g/mol. The van der Waals surface area contributed by atoms with Crippen molar-refractivity contribution in [2.75, 3.05) is 13.2 Å². The predicted octanol–water partition coefficient (Wildman–Crippen LogP) is 3.14. The van der Waals surface area contributed by atoms with Crippen molar-refractivity contribution < 1.29 is 23.5 Å². The van der Waals surface area contributed by atoms with Gasteiger partial charge in [-0.15, -0.1) is 0 Å². The first-order valence-electron chi connectivity index (χ1n) is 8.25. The summed E-state index contributed by atoms with van der Waals surface area (Å²) in [6.45, 7) is 0.965. The summed E-state index contributed by atoms with van der Waals surface area (Å²) >= 11 is 6.28. The third-order valence-electron chi connectivity index (χ3n) is 3.98. The number of carbonyl (C=O) groups is 2. The number of carbonyl (C=O) groups excluding carboxylic acids is 2. The van der Waals surface area contributed by atoms with Crippen LogP contribution < -0.4 is 14.9 Å². The Morgan fingerprint density at radius 2 is 1.86 bits per heavy atom. The van der Waals surface area contributed by atoms with Gasteiger partial charge < -0.3 is 9.47 Å². The smallest absolute Gasteiger partial charge is 0.285 e. The fraction of sp³-hybridized carbons (Fsp3) is 0.105. The zero-order valence-electron chi connectivity index (χ0n) is 14.3. The van der Waals surface area contributed by atoms with Crippen molar-refractivity contribution in [1.29, 1.82) is 0 Å². The fourth-order valence-electron chi connectivity index (χ4n) is 2.63. The van der Waals surface area contributed by atoms with Gasteiger partial charge in [0, 0.05) is 5.56 Å². The fourth-order valence-corrected chi connectivity index (χ4v) is 3.81. The van der Waals surface area contributed by atoms with Crippen LogP contribution in [0, 0.1) is 5.82 Å². The van der Waals surface area contributed by atoms with Crippen molar-refractivity contribution in [3.63, 3.8) is 0 Å². The molecule has 1 fully saturated rings. The molecule has 0 bridgehead atoms. The van der Waals surface area contributed by atoms with E-state index in [9.17, 15) is 14.0 Å². The first kappa shape index (κ1) is 18.5. The lowest BCUT2D eigenvalue weighted by atomic mass is 10.1. The van der Waals surface area contributed by atoms with Gasteiger partial charge in [-0.1, -0.05) is 17.8 Å². The molecule has 2 aliphatic heterocycles. The van der Waals surface area contributed by atoms with Crippen molar-refractivity contribution in [2.24, 2.45) is 0 Å². The van der Waals surface area contributed by atoms with Crippen LogP contribution in [0.25, 0.3) is 6.08 Å². The van der Waals surface area contributed by atoms with E-state index in [1.54, 1.807) is 24.3 Å². The number of halogens is 1. The molecule has 9 heteroatoms. The number of fused-ring (bicyclic) bond motifs is 1. The summed E-state index contributed by atoms with van der Waals surface area (Å²) in [5.41, 5.74) is 3.41. The normalized spacial score (nSPS) is 17.2. The molecule has 2 aromatic carbocycles. The van der Waals surface area contributed by atoms with Crippen molar-refractivity contribution in [3.8, 4) is 11.5 Å². The van der Waals surface area contributed by atoms with Crippen molar-refractivity contribution in [1.82, 2.24) is 10.4 Å². The molecule has 28 heavy (non-hydrogen) atoms. The monoisotopic (exact) mass is 416 g/mol. The van der Waals surface area contributed by atoms with Crippen molar-refractivity contribution >= 4 is 46.2 Å². The molecule has 0 aromatic heterocycles. The molecule has 0 spiro atoms. The molecule has 0 unspecified atom stereocenters. The third kappa shape index (κ3) is 3.71. The standard InChI is InChI=1S/C19H13FN2O4S2/c20-13-4-2-12(3-5-13)17(23)21-22-18(24)16(28-19(22)27)10-11-1-6-14-15(9-11)26-8-7-25-14/h1-6,9-10H,7-8H2,(H,21,23)/b16-10-. The highest BCUT2D eigenvalue weighted by Crippen LogP contribution is 2.35. The topological polar surface area (TPSA) is 67.9 Å². The Hall–Kier alpha value is -2.91. The highest BCUT2D eigenvalue weighted by Gasteiger charge is 2.33. The summed E-state index contributed by atoms with van der Waals surface area (Å²) in [6.07, 6.45) is 1.67. The van der Waals surface area contributed by atoms with E-state index in [1.165, 1.54) is 24.3 Å². The number of hydrogen-bond acceptors (Lipinski definition) is 6. The molecule has 1 N–H and O–H groups in total. The molecule has 0 radical (unpaired) electrons. The van der Waals surface area contributed by atoms with E-state index < -0.39 is 17.6 Å². The van der Waals surface area contributed by atoms with Gasteiger partial charge in [0.05, 0.1) is 4.91 Å². The lowest BCUT2D eigenvalue weighted by molar-refractivity contribution is -0.123. The number of benzene rings is 2. The average molecular weight is 416 g/mol. The number of thioether (sulfide) groups is 1. The van der Waals surface area contributed by atoms with Crippen molar-refractivity contribution in [3.05, 3.63) is 64.3 Å². The Morgan fingerprint density at radius 1 is 1.14 bits per heavy atom. The van der Waals surface area contributed by atoms with E-state index in [-0.39, 0.29) is 9.88 Å². The minimum Gasteiger partial charge on any atom is -0.486 e. The lowest BCUT2D eigenvalue weighted by Crippen LogP contribution is -2.44. The van der Waals surface area contributed by atoms with Gasteiger partial charge in [0.15, 0.2) is 15.8 Å². The highest BCUT2D eigenvalue weighted by molar-refractivity contribution is 8.26. The Balaban J connectivity index is 1.51. The van der Waals surface area contributed by atoms with Gasteiger partial charge in [0.2, 0.25) is 0 Å². The molecule has 2 amide bonds. The summed E-state index contributed by atoms with van der Waals surface area (Å²) in [4.78, 5) is 25.3. The molecule has 4 rings (SSSR count). The first-order valence-corrected chi connectivity index (χ1v) is 9.48. The minimum absolute atomic E-state index is 0.198. The highest BCUT2D eigenvalue weighted by atomic mass is 32.2. The number of hydrogen-bond donors (Lipinski definition) is 1. The lowest BCUT2D eigenvalue weighted by Gasteiger charge is -2.18. The molecule has 0 atom stereocenters. The second kappa shape index (κ2) is 7.61. The van der Waals surface area contributed by atoms with Crippen molar-refractivity contribution in [2.45, 2.75) is 0 Å². The first-order chi connectivity index (χ1) is 13.5. The van der Waals surface area contributed by atoms with Gasteiger partial charge >= 0.3 is 0 Å². The van der Waals surface area contributed by atoms with Crippen LogP contribution in [0.2, 0.25) is 0 Å². The Morgan fingerprint density at radius 3 is 2.61 bits per heavy atom. The van der Waals surface area contributed by atoms with Crippen LogP contribution in [-0.2, 0) is 4.79 Å². The molecule has 2 aromatic rings. The van der Waals surface area contributed by atoms with Crippen LogP contribution in [0.15, 0.2) is 47.4 Å². The zero-order valence-corrected chi connectivity index (χ0v) is 15.9. The summed E-state index contributed by atoms with van der Waals surface area (Å²) in [6, 6.07) is 10.3. The van der Waals surface area contributed by atoms with E-state index in [0.717, 1.165) is 22.3 Å². The molecular formula is C19H13FN2O4S2. The summed E-state index contributed by atoms with van der Waals surface area (Å²) in [7, 11) is 0. The summed E-state index contributed by atoms with van der Waals surface area (Å²) in [5.74, 6) is -0.190. The van der Waals surface area contributed by atoms with E-state index in [2.05, 4.69) is 5.43 Å². The maximum Gasteiger partial charge on any atom is 0.285 e. The molecule has 6 nitrogen and oxygen atoms in total. The molecule has 0 saturated carbocycles. The maximum atomic E-state index is 13.0. The number of thiocarbonyl (C=S) groups is 1. The largest absolute Gasteiger partial charge is 0.486 e. The molecule has 0 aliphatic carbocycles. The van der Waals surface area contributed by atoms with Crippen LogP contribution in [-0.4, -0.2) is 34.4 Å². The van der Waals surface area contributed by atoms with Crippen LogP contribution in [0.1, 0.15) is 15.9 Å². The molecule has 142 valence electrons. The second-order valence-electron chi connectivity index (χ2n) is 5.87. The van der Waals surface area contributed by atoms with E-state index in [1.807, 2.05) is 0 Å². The van der Waals surface area contributed by atoms with Gasteiger partial charge in [0.1, 0.15) is 19.0 Å². The second-order valence-corrected chi connectivity index (χ2v) is 7.54. The minimum atomic E-state index is -0.558. The van der Waals surface area contributed by atoms with Crippen LogP contribution in [0.4, 0.5) is 4.39 Å². The number of ether oxygens (including phenoxy) is 2. The zero-order chi connectivity index (χ0) is 19.7. The van der Waals surface area contributed by atoms with E-state index >= 15 is 0 Å². The maximum absolute atomic E-state index is 13.0. The van der Waals surface area contributed by atoms with Gasteiger partial charge in [0.25, 0.3) is 11.8 Å². The Labute approximate surface area is 169 Å².